The standard InChI is InChI=1S/C38H78N2O2/c1-2-3-4-5-6-7-8-9-10-11-12-13-14-15-16-17-18-19-20-21-22-23-24-25-26-27-28-29-30-31-32-33-34-35-37(41)40-38(42)36-39/h38,42H,2-36,39H2,1H3,(H,40,41). The molecule has 1 amide bonds. The van der Waals surface area contributed by atoms with E-state index >= 15 is 0 Å². The molecule has 4 N–H and O–H groups in total. The molecule has 42 heavy (non-hydrogen) atoms. The first-order chi connectivity index (χ1) is 20.7. The van der Waals surface area contributed by atoms with Gasteiger partial charge in [0, 0.05) is 13.0 Å². The van der Waals surface area contributed by atoms with E-state index in [1.54, 1.807) is 0 Å². The summed E-state index contributed by atoms with van der Waals surface area (Å²) in [5, 5.41) is 11.8. The highest BCUT2D eigenvalue weighted by Gasteiger charge is 2.06. The van der Waals surface area contributed by atoms with Crippen molar-refractivity contribution in [2.45, 2.75) is 231 Å². The summed E-state index contributed by atoms with van der Waals surface area (Å²) >= 11 is 0. The Morgan fingerprint density at radius 2 is 0.667 bits per heavy atom. The van der Waals surface area contributed by atoms with Crippen LogP contribution in [0.3, 0.4) is 0 Å². The smallest absolute Gasteiger partial charge is 0.222 e. The maximum atomic E-state index is 11.6. The summed E-state index contributed by atoms with van der Waals surface area (Å²) < 4.78 is 0. The van der Waals surface area contributed by atoms with Crippen molar-refractivity contribution in [1.82, 2.24) is 5.32 Å². The van der Waals surface area contributed by atoms with Crippen LogP contribution in [-0.4, -0.2) is 23.8 Å². The summed E-state index contributed by atoms with van der Waals surface area (Å²) in [5.74, 6) is -0.0892. The molecule has 0 radical (unpaired) electrons. The zero-order valence-electron chi connectivity index (χ0n) is 28.8. The molecule has 4 heteroatoms. The number of unbranched alkanes of at least 4 members (excludes halogenated alkanes) is 32. The van der Waals surface area contributed by atoms with E-state index in [2.05, 4.69) is 12.2 Å². The molecule has 0 aliphatic heterocycles. The summed E-state index contributed by atoms with van der Waals surface area (Å²) in [7, 11) is 0. The van der Waals surface area contributed by atoms with Gasteiger partial charge in [-0.1, -0.05) is 212 Å². The fourth-order valence-electron chi connectivity index (χ4n) is 6.16. The number of carbonyl (C=O) groups excluding carboxylic acids is 1. The molecule has 0 heterocycles. The maximum Gasteiger partial charge on any atom is 0.222 e. The van der Waals surface area contributed by atoms with Crippen molar-refractivity contribution in [3.8, 4) is 0 Å². The molecular formula is C38H78N2O2. The third-order valence-corrected chi connectivity index (χ3v) is 9.06. The average molecular weight is 595 g/mol. The second-order valence-electron chi connectivity index (χ2n) is 13.4. The van der Waals surface area contributed by atoms with Gasteiger partial charge in [-0.25, -0.2) is 0 Å². The van der Waals surface area contributed by atoms with Gasteiger partial charge in [0.1, 0.15) is 6.23 Å². The third kappa shape index (κ3) is 35.6. The lowest BCUT2D eigenvalue weighted by atomic mass is 10.0. The Morgan fingerprint density at radius 1 is 0.452 bits per heavy atom. The fourth-order valence-corrected chi connectivity index (χ4v) is 6.16. The molecule has 0 fully saturated rings. The Kier molecular flexibility index (Phi) is 36.0. The second-order valence-corrected chi connectivity index (χ2v) is 13.4. The number of aliphatic hydroxyl groups is 1. The van der Waals surface area contributed by atoms with Crippen LogP contribution in [0, 0.1) is 0 Å². The number of carbonyl (C=O) groups is 1. The molecule has 1 atom stereocenters. The summed E-state index contributed by atoms with van der Waals surface area (Å²) in [6, 6.07) is 0. The number of hydrogen-bond donors (Lipinski definition) is 3. The number of nitrogens with one attached hydrogen (secondary N) is 1. The number of aliphatic hydroxyl groups excluding tert-OH is 1. The highest BCUT2D eigenvalue weighted by molar-refractivity contribution is 5.75. The van der Waals surface area contributed by atoms with Crippen molar-refractivity contribution in [3.63, 3.8) is 0 Å². The van der Waals surface area contributed by atoms with Gasteiger partial charge in [-0.05, 0) is 6.42 Å². The predicted octanol–water partition coefficient (Wildman–Crippen LogP) is 11.7. The molecule has 252 valence electrons. The zero-order valence-corrected chi connectivity index (χ0v) is 28.8. The number of rotatable bonds is 36. The van der Waals surface area contributed by atoms with Gasteiger partial charge >= 0.3 is 0 Å². The molecule has 0 spiro atoms. The molecule has 0 saturated heterocycles. The normalized spacial score (nSPS) is 12.2. The van der Waals surface area contributed by atoms with Gasteiger partial charge in [0.15, 0.2) is 0 Å². The molecule has 0 aromatic rings. The molecule has 0 aliphatic rings. The molecule has 0 aromatic carbocycles. The van der Waals surface area contributed by atoms with E-state index in [4.69, 9.17) is 5.73 Å². The molecule has 0 aromatic heterocycles. The lowest BCUT2D eigenvalue weighted by Gasteiger charge is -2.09. The van der Waals surface area contributed by atoms with Gasteiger partial charge in [-0.15, -0.1) is 0 Å². The minimum absolute atomic E-state index is 0.0748. The van der Waals surface area contributed by atoms with Crippen LogP contribution in [0.25, 0.3) is 0 Å². The molecule has 0 aliphatic carbocycles. The van der Waals surface area contributed by atoms with Crippen LogP contribution in [0.5, 0.6) is 0 Å². The summed E-state index contributed by atoms with van der Waals surface area (Å²) in [6.07, 6.45) is 46.1. The van der Waals surface area contributed by atoms with Crippen molar-refractivity contribution in [1.29, 1.82) is 0 Å². The number of nitrogens with two attached hydrogens (primary N) is 1. The van der Waals surface area contributed by atoms with E-state index < -0.39 is 6.23 Å². The Hall–Kier alpha value is -0.610. The van der Waals surface area contributed by atoms with Crippen molar-refractivity contribution in [2.75, 3.05) is 6.54 Å². The van der Waals surface area contributed by atoms with Crippen molar-refractivity contribution in [3.05, 3.63) is 0 Å². The maximum absolute atomic E-state index is 11.6. The monoisotopic (exact) mass is 595 g/mol. The van der Waals surface area contributed by atoms with Gasteiger partial charge in [0.05, 0.1) is 0 Å². The first kappa shape index (κ1) is 41.4. The first-order valence-electron chi connectivity index (χ1n) is 19.4. The molecule has 0 rings (SSSR count). The quantitative estimate of drug-likeness (QED) is 0.0499. The van der Waals surface area contributed by atoms with E-state index in [9.17, 15) is 9.90 Å². The molecule has 1 unspecified atom stereocenters. The summed E-state index contributed by atoms with van der Waals surface area (Å²) in [4.78, 5) is 11.6. The Labute approximate surface area is 264 Å². The largest absolute Gasteiger partial charge is 0.372 e. The Balaban J connectivity index is 3.08. The van der Waals surface area contributed by atoms with Gasteiger partial charge in [0.2, 0.25) is 5.91 Å². The molecule has 0 bridgehead atoms. The first-order valence-corrected chi connectivity index (χ1v) is 19.4. The van der Waals surface area contributed by atoms with Crippen molar-refractivity contribution in [2.24, 2.45) is 5.73 Å². The highest BCUT2D eigenvalue weighted by atomic mass is 16.3. The van der Waals surface area contributed by atoms with Gasteiger partial charge in [0.25, 0.3) is 0 Å². The Bertz CT molecular complexity index is 513. The zero-order chi connectivity index (χ0) is 30.6. The van der Waals surface area contributed by atoms with E-state index in [0.717, 1.165) is 12.8 Å². The summed E-state index contributed by atoms with van der Waals surface area (Å²) in [5.41, 5.74) is 5.29. The minimum atomic E-state index is -0.897. The number of amides is 1. The predicted molar refractivity (Wildman–Crippen MR) is 186 cm³/mol. The van der Waals surface area contributed by atoms with Crippen LogP contribution < -0.4 is 11.1 Å². The van der Waals surface area contributed by atoms with E-state index in [-0.39, 0.29) is 12.5 Å². The SMILES string of the molecule is CCCCCCCCCCCCCCCCCCCCCCCCCCCCCCCCCCCC(=O)NC(O)CN. The van der Waals surface area contributed by atoms with Crippen molar-refractivity contribution >= 4 is 5.91 Å². The summed E-state index contributed by atoms with van der Waals surface area (Å²) in [6.45, 7) is 2.38. The molecule has 4 nitrogen and oxygen atoms in total. The highest BCUT2D eigenvalue weighted by Crippen LogP contribution is 2.17. The molecule has 0 saturated carbocycles. The average Bonchev–Trinajstić information content (AvgIpc) is 2.99. The second kappa shape index (κ2) is 36.6. The van der Waals surface area contributed by atoms with Gasteiger partial charge in [-0.3, -0.25) is 4.79 Å². The van der Waals surface area contributed by atoms with Crippen LogP contribution in [0.15, 0.2) is 0 Å². The lowest BCUT2D eigenvalue weighted by Crippen LogP contribution is -2.39. The van der Waals surface area contributed by atoms with Gasteiger partial charge < -0.3 is 16.2 Å². The van der Waals surface area contributed by atoms with E-state index in [1.807, 2.05) is 0 Å². The fraction of sp³-hybridized carbons (Fsp3) is 0.974. The third-order valence-electron chi connectivity index (χ3n) is 9.06. The van der Waals surface area contributed by atoms with Crippen LogP contribution in [0.2, 0.25) is 0 Å². The van der Waals surface area contributed by atoms with Crippen LogP contribution in [0.4, 0.5) is 0 Å². The van der Waals surface area contributed by atoms with Crippen LogP contribution in [-0.2, 0) is 4.79 Å². The number of hydrogen-bond acceptors (Lipinski definition) is 3. The van der Waals surface area contributed by atoms with Crippen molar-refractivity contribution < 1.29 is 9.90 Å². The van der Waals surface area contributed by atoms with Gasteiger partial charge in [-0.2, -0.15) is 0 Å². The topological polar surface area (TPSA) is 75.3 Å². The van der Waals surface area contributed by atoms with Crippen LogP contribution >= 0.6 is 0 Å². The van der Waals surface area contributed by atoms with Crippen LogP contribution in [0.1, 0.15) is 225 Å². The van der Waals surface area contributed by atoms with E-state index in [0.29, 0.717) is 6.42 Å². The molecular weight excluding hydrogens is 516 g/mol. The lowest BCUT2D eigenvalue weighted by molar-refractivity contribution is -0.124. The van der Waals surface area contributed by atoms with E-state index in [1.165, 1.54) is 199 Å². The Morgan fingerprint density at radius 3 is 0.881 bits per heavy atom. The minimum Gasteiger partial charge on any atom is -0.372 e.